The summed E-state index contributed by atoms with van der Waals surface area (Å²) in [5.74, 6) is 0. The molecular formula is C20H32N2O. The van der Waals surface area contributed by atoms with Crippen LogP contribution < -0.4 is 0 Å². The van der Waals surface area contributed by atoms with Crippen LogP contribution in [0.15, 0.2) is 12.3 Å². The number of aryl methyl sites for hydroxylation is 1. The van der Waals surface area contributed by atoms with Gasteiger partial charge in [-0.15, -0.1) is 0 Å². The Labute approximate surface area is 140 Å². The lowest BCUT2D eigenvalue weighted by atomic mass is 9.35. The van der Waals surface area contributed by atoms with Crippen molar-refractivity contribution in [3.63, 3.8) is 0 Å². The molecule has 0 amide bonds. The van der Waals surface area contributed by atoms with Crippen LogP contribution in [-0.2, 0) is 6.54 Å². The summed E-state index contributed by atoms with van der Waals surface area (Å²) in [5.41, 5.74) is 3.19. The number of aromatic nitrogens is 2. The van der Waals surface area contributed by atoms with Crippen LogP contribution in [0.3, 0.4) is 0 Å². The van der Waals surface area contributed by atoms with Gasteiger partial charge in [-0.05, 0) is 86.0 Å². The SMILES string of the molecule is Cc1ccnn1CC12CC3(C)CC(C)(CC(CCCO)(C3)C1)C2. The molecule has 0 radical (unpaired) electrons. The van der Waals surface area contributed by atoms with Crippen molar-refractivity contribution in [1.29, 1.82) is 0 Å². The van der Waals surface area contributed by atoms with Crippen LogP contribution in [-0.4, -0.2) is 21.5 Å². The van der Waals surface area contributed by atoms with Crippen molar-refractivity contribution in [2.75, 3.05) is 6.61 Å². The molecule has 3 heteroatoms. The zero-order valence-electron chi connectivity index (χ0n) is 15.1. The second-order valence-electron chi connectivity index (χ2n) is 10.1. The molecule has 1 heterocycles. The Morgan fingerprint density at radius 3 is 2.26 bits per heavy atom. The summed E-state index contributed by atoms with van der Waals surface area (Å²) in [6, 6.07) is 2.13. The molecule has 0 saturated heterocycles. The first-order valence-corrected chi connectivity index (χ1v) is 9.39. The van der Waals surface area contributed by atoms with Crippen molar-refractivity contribution in [2.45, 2.75) is 78.7 Å². The molecule has 1 aromatic heterocycles. The summed E-state index contributed by atoms with van der Waals surface area (Å²) in [6.07, 6.45) is 12.4. The lowest BCUT2D eigenvalue weighted by molar-refractivity contribution is -0.198. The first-order chi connectivity index (χ1) is 10.8. The summed E-state index contributed by atoms with van der Waals surface area (Å²) in [7, 11) is 0. The Morgan fingerprint density at radius 2 is 1.70 bits per heavy atom. The quantitative estimate of drug-likeness (QED) is 0.878. The van der Waals surface area contributed by atoms with Gasteiger partial charge in [0.1, 0.15) is 0 Å². The highest BCUT2D eigenvalue weighted by atomic mass is 16.2. The summed E-state index contributed by atoms with van der Waals surface area (Å²) in [5, 5.41) is 14.0. The minimum Gasteiger partial charge on any atom is -0.396 e. The summed E-state index contributed by atoms with van der Waals surface area (Å²) < 4.78 is 2.25. The molecule has 4 aliphatic carbocycles. The van der Waals surface area contributed by atoms with E-state index in [-0.39, 0.29) is 0 Å². The summed E-state index contributed by atoms with van der Waals surface area (Å²) in [6.45, 7) is 8.71. The first-order valence-electron chi connectivity index (χ1n) is 9.39. The highest BCUT2D eigenvalue weighted by molar-refractivity contribution is 5.15. The number of aliphatic hydroxyl groups excluding tert-OH is 1. The molecule has 23 heavy (non-hydrogen) atoms. The highest BCUT2D eigenvalue weighted by Crippen LogP contribution is 2.74. The predicted octanol–water partition coefficient (Wildman–Crippen LogP) is 4.33. The van der Waals surface area contributed by atoms with Crippen LogP contribution in [0.5, 0.6) is 0 Å². The molecule has 4 bridgehead atoms. The van der Waals surface area contributed by atoms with E-state index in [1.807, 2.05) is 6.20 Å². The number of hydrogen-bond acceptors (Lipinski definition) is 2. The smallest absolute Gasteiger partial charge is 0.0492 e. The Morgan fingerprint density at radius 1 is 1.04 bits per heavy atom. The van der Waals surface area contributed by atoms with Crippen LogP contribution >= 0.6 is 0 Å². The van der Waals surface area contributed by atoms with Gasteiger partial charge in [0.25, 0.3) is 0 Å². The Kier molecular flexibility index (Phi) is 3.30. The molecule has 5 rings (SSSR count). The van der Waals surface area contributed by atoms with Crippen LogP contribution in [0, 0.1) is 28.6 Å². The zero-order chi connectivity index (χ0) is 16.3. The average Bonchev–Trinajstić information content (AvgIpc) is 2.77. The average molecular weight is 316 g/mol. The van der Waals surface area contributed by atoms with Crippen molar-refractivity contribution in [3.05, 3.63) is 18.0 Å². The van der Waals surface area contributed by atoms with Gasteiger partial charge < -0.3 is 5.11 Å². The van der Waals surface area contributed by atoms with Crippen LogP contribution in [0.4, 0.5) is 0 Å². The Bertz CT molecular complexity index is 587. The maximum Gasteiger partial charge on any atom is 0.0492 e. The third-order valence-electron chi connectivity index (χ3n) is 7.09. The molecule has 3 nitrogen and oxygen atoms in total. The molecule has 2 atom stereocenters. The standard InChI is InChI=1S/C20H32N2O/c1-16-5-7-21-22(16)15-20-12-17(2)9-18(3,13-20)11-19(10-17,14-20)6-4-8-23/h5,7,23H,4,6,8-15H2,1-3H3. The van der Waals surface area contributed by atoms with Gasteiger partial charge in [-0.1, -0.05) is 13.8 Å². The second-order valence-corrected chi connectivity index (χ2v) is 10.1. The van der Waals surface area contributed by atoms with Gasteiger partial charge in [0.2, 0.25) is 0 Å². The maximum atomic E-state index is 9.39. The van der Waals surface area contributed by atoms with Crippen LogP contribution in [0.2, 0.25) is 0 Å². The molecule has 4 aliphatic rings. The molecule has 0 aliphatic heterocycles. The molecule has 0 spiro atoms. The minimum absolute atomic E-state index is 0.348. The van der Waals surface area contributed by atoms with Gasteiger partial charge in [0.05, 0.1) is 0 Å². The third kappa shape index (κ3) is 2.56. The number of rotatable bonds is 5. The van der Waals surface area contributed by atoms with E-state index < -0.39 is 0 Å². The normalized spacial score (nSPS) is 44.9. The molecule has 4 saturated carbocycles. The molecule has 4 fully saturated rings. The second kappa shape index (κ2) is 4.84. The van der Waals surface area contributed by atoms with Crippen molar-refractivity contribution < 1.29 is 5.11 Å². The monoisotopic (exact) mass is 316 g/mol. The van der Waals surface area contributed by atoms with Crippen molar-refractivity contribution in [2.24, 2.45) is 21.7 Å². The minimum atomic E-state index is 0.348. The van der Waals surface area contributed by atoms with Gasteiger partial charge in [-0.2, -0.15) is 5.10 Å². The fourth-order valence-electron chi connectivity index (χ4n) is 7.97. The maximum absolute atomic E-state index is 9.39. The molecule has 0 aromatic carbocycles. The zero-order valence-corrected chi connectivity index (χ0v) is 15.1. The first kappa shape index (κ1) is 15.7. The lowest BCUT2D eigenvalue weighted by Gasteiger charge is -2.70. The van der Waals surface area contributed by atoms with E-state index in [0.29, 0.717) is 28.3 Å². The number of aliphatic hydroxyl groups is 1. The molecule has 1 aromatic rings. The van der Waals surface area contributed by atoms with Crippen LogP contribution in [0.1, 0.15) is 70.9 Å². The van der Waals surface area contributed by atoms with E-state index >= 15 is 0 Å². The van der Waals surface area contributed by atoms with E-state index in [2.05, 4.69) is 36.6 Å². The molecule has 1 N–H and O–H groups in total. The van der Waals surface area contributed by atoms with Crippen LogP contribution in [0.25, 0.3) is 0 Å². The van der Waals surface area contributed by atoms with E-state index in [1.54, 1.807) is 0 Å². The van der Waals surface area contributed by atoms with Crippen molar-refractivity contribution >= 4 is 0 Å². The molecule has 128 valence electrons. The van der Waals surface area contributed by atoms with Gasteiger partial charge in [-0.25, -0.2) is 0 Å². The summed E-state index contributed by atoms with van der Waals surface area (Å²) in [4.78, 5) is 0. The number of hydrogen-bond donors (Lipinski definition) is 1. The van der Waals surface area contributed by atoms with E-state index in [4.69, 9.17) is 0 Å². The fraction of sp³-hybridized carbons (Fsp3) is 0.850. The highest BCUT2D eigenvalue weighted by Gasteiger charge is 2.65. The van der Waals surface area contributed by atoms with Gasteiger partial charge in [0.15, 0.2) is 0 Å². The van der Waals surface area contributed by atoms with Gasteiger partial charge >= 0.3 is 0 Å². The largest absolute Gasteiger partial charge is 0.396 e. The predicted molar refractivity (Wildman–Crippen MR) is 92.1 cm³/mol. The van der Waals surface area contributed by atoms with Gasteiger partial charge in [-0.3, -0.25) is 4.68 Å². The molecule has 2 unspecified atom stereocenters. The van der Waals surface area contributed by atoms with E-state index in [0.717, 1.165) is 13.0 Å². The van der Waals surface area contributed by atoms with Crippen molar-refractivity contribution in [1.82, 2.24) is 9.78 Å². The lowest BCUT2D eigenvalue weighted by Crippen LogP contribution is -2.60. The topological polar surface area (TPSA) is 38.0 Å². The Hall–Kier alpha value is -0.830. The third-order valence-corrected chi connectivity index (χ3v) is 7.09. The van der Waals surface area contributed by atoms with E-state index in [9.17, 15) is 5.11 Å². The number of nitrogens with zero attached hydrogens (tertiary/aromatic N) is 2. The fourth-order valence-corrected chi connectivity index (χ4v) is 7.97. The molecular weight excluding hydrogens is 284 g/mol. The Balaban J connectivity index is 1.69. The van der Waals surface area contributed by atoms with Crippen molar-refractivity contribution in [3.8, 4) is 0 Å². The summed E-state index contributed by atoms with van der Waals surface area (Å²) >= 11 is 0. The van der Waals surface area contributed by atoms with E-state index in [1.165, 1.54) is 50.6 Å². The van der Waals surface area contributed by atoms with Gasteiger partial charge in [0, 0.05) is 25.0 Å².